The summed E-state index contributed by atoms with van der Waals surface area (Å²) in [5.41, 5.74) is 9.93. The van der Waals surface area contributed by atoms with Gasteiger partial charge in [0.15, 0.2) is 11.6 Å². The van der Waals surface area contributed by atoms with E-state index < -0.39 is 0 Å². The largest absolute Gasteiger partial charge is 0.277 e. The summed E-state index contributed by atoms with van der Waals surface area (Å²) in [4.78, 5) is 20.0. The van der Waals surface area contributed by atoms with Crippen molar-refractivity contribution in [1.29, 1.82) is 0 Å². The predicted molar refractivity (Wildman–Crippen MR) is 178 cm³/mol. The van der Waals surface area contributed by atoms with Gasteiger partial charge in [0, 0.05) is 38.9 Å². The van der Waals surface area contributed by atoms with Crippen molar-refractivity contribution in [3.63, 3.8) is 0 Å². The zero-order valence-corrected chi connectivity index (χ0v) is 24.4. The fourth-order valence-electron chi connectivity index (χ4n) is 7.10. The van der Waals surface area contributed by atoms with Crippen molar-refractivity contribution in [1.82, 2.24) is 24.5 Å². The van der Waals surface area contributed by atoms with Crippen LogP contribution in [0, 0.1) is 0 Å². The van der Waals surface area contributed by atoms with Gasteiger partial charge in [-0.05, 0) is 40.5 Å². The Morgan fingerprint density at radius 3 is 1.95 bits per heavy atom. The summed E-state index contributed by atoms with van der Waals surface area (Å²) in [5.74, 6) is 1.90. The van der Waals surface area contributed by atoms with Gasteiger partial charge in [-0.25, -0.2) is 4.98 Å². The molecule has 0 amide bonds. The summed E-state index contributed by atoms with van der Waals surface area (Å²) < 4.78 is 2.26. The maximum absolute atomic E-state index is 5.17. The SMILES string of the molecule is CC1(C)c2ccc3ncccc3c2-c2ccc3c4ccccc4n(-c4nc(-c5ccccc5)nc(-c5ccccc5)n4)c3c21. The first-order valence-electron chi connectivity index (χ1n) is 14.9. The molecule has 0 radical (unpaired) electrons. The van der Waals surface area contributed by atoms with Crippen molar-refractivity contribution < 1.29 is 0 Å². The van der Waals surface area contributed by atoms with Crippen molar-refractivity contribution in [2.24, 2.45) is 0 Å². The van der Waals surface area contributed by atoms with Crippen LogP contribution in [0.15, 0.2) is 128 Å². The number of hydrogen-bond donors (Lipinski definition) is 0. The maximum atomic E-state index is 5.17. The molecule has 208 valence electrons. The molecule has 0 saturated carbocycles. The predicted octanol–water partition coefficient (Wildman–Crippen LogP) is 9.16. The number of nitrogens with zero attached hydrogens (tertiary/aromatic N) is 5. The lowest BCUT2D eigenvalue weighted by Crippen LogP contribution is -2.17. The lowest BCUT2D eigenvalue weighted by molar-refractivity contribution is 0.664. The fraction of sp³-hybridized carbons (Fsp3) is 0.0769. The van der Waals surface area contributed by atoms with Crippen LogP contribution >= 0.6 is 0 Å². The summed E-state index contributed by atoms with van der Waals surface area (Å²) in [6.07, 6.45) is 1.87. The highest BCUT2D eigenvalue weighted by molar-refractivity contribution is 6.14. The van der Waals surface area contributed by atoms with Gasteiger partial charge in [0.1, 0.15) is 0 Å². The molecule has 5 heteroatoms. The second kappa shape index (κ2) is 9.16. The van der Waals surface area contributed by atoms with E-state index in [9.17, 15) is 0 Å². The van der Waals surface area contributed by atoms with Crippen molar-refractivity contribution in [3.8, 4) is 39.9 Å². The number of benzene rings is 5. The monoisotopic (exact) mass is 565 g/mol. The van der Waals surface area contributed by atoms with Crippen LogP contribution in [0.4, 0.5) is 0 Å². The molecule has 0 saturated heterocycles. The second-order valence-corrected chi connectivity index (χ2v) is 11.9. The van der Waals surface area contributed by atoms with Gasteiger partial charge in [-0.2, -0.15) is 9.97 Å². The highest BCUT2D eigenvalue weighted by atomic mass is 15.2. The normalized spacial score (nSPS) is 13.4. The molecule has 1 aliphatic carbocycles. The molecule has 3 aromatic heterocycles. The molecule has 44 heavy (non-hydrogen) atoms. The minimum atomic E-state index is -0.266. The van der Waals surface area contributed by atoms with Crippen LogP contribution in [0.5, 0.6) is 0 Å². The van der Waals surface area contributed by atoms with E-state index in [1.807, 2.05) is 48.7 Å². The molecule has 0 fully saturated rings. The Bertz CT molecular complexity index is 2350. The summed E-state index contributed by atoms with van der Waals surface area (Å²) in [6.45, 7) is 4.67. The van der Waals surface area contributed by atoms with E-state index in [1.165, 1.54) is 38.4 Å². The maximum Gasteiger partial charge on any atom is 0.238 e. The molecule has 3 heterocycles. The Balaban J connectivity index is 1.42. The Kier molecular flexibility index (Phi) is 5.18. The second-order valence-electron chi connectivity index (χ2n) is 11.9. The Hall–Kier alpha value is -5.68. The molecule has 9 rings (SSSR count). The first-order valence-corrected chi connectivity index (χ1v) is 14.9. The van der Waals surface area contributed by atoms with Crippen LogP contribution in [-0.2, 0) is 5.41 Å². The minimum absolute atomic E-state index is 0.266. The van der Waals surface area contributed by atoms with E-state index in [1.54, 1.807) is 0 Å². The molecule has 0 unspecified atom stereocenters. The third kappa shape index (κ3) is 3.47. The first kappa shape index (κ1) is 24.9. The van der Waals surface area contributed by atoms with Crippen LogP contribution in [0.25, 0.3) is 72.6 Å². The number of para-hydroxylation sites is 1. The van der Waals surface area contributed by atoms with Crippen molar-refractivity contribution in [2.75, 3.05) is 0 Å². The average Bonchev–Trinajstić information content (AvgIpc) is 3.54. The molecule has 5 aromatic carbocycles. The smallest absolute Gasteiger partial charge is 0.238 e. The minimum Gasteiger partial charge on any atom is -0.277 e. The van der Waals surface area contributed by atoms with Gasteiger partial charge in [-0.1, -0.05) is 117 Å². The molecular formula is C39H27N5. The Morgan fingerprint density at radius 2 is 1.23 bits per heavy atom. The van der Waals surface area contributed by atoms with Crippen LogP contribution in [0.2, 0.25) is 0 Å². The highest BCUT2D eigenvalue weighted by Crippen LogP contribution is 2.54. The molecule has 8 aromatic rings. The molecule has 0 bridgehead atoms. The number of hydrogen-bond acceptors (Lipinski definition) is 4. The summed E-state index contributed by atoms with van der Waals surface area (Å²) in [5, 5.41) is 3.54. The molecule has 0 atom stereocenters. The van der Waals surface area contributed by atoms with Gasteiger partial charge in [0.2, 0.25) is 5.95 Å². The molecular weight excluding hydrogens is 538 g/mol. The first-order chi connectivity index (χ1) is 21.6. The Morgan fingerprint density at radius 1 is 0.568 bits per heavy atom. The van der Waals surface area contributed by atoms with Gasteiger partial charge in [0.05, 0.1) is 16.6 Å². The summed E-state index contributed by atoms with van der Waals surface area (Å²) >= 11 is 0. The summed E-state index contributed by atoms with van der Waals surface area (Å²) in [6, 6.07) is 42.1. The van der Waals surface area contributed by atoms with Gasteiger partial charge in [-0.15, -0.1) is 0 Å². The molecule has 5 nitrogen and oxygen atoms in total. The highest BCUT2D eigenvalue weighted by Gasteiger charge is 2.39. The van der Waals surface area contributed by atoms with E-state index in [0.29, 0.717) is 17.6 Å². The number of pyridine rings is 1. The van der Waals surface area contributed by atoms with E-state index >= 15 is 0 Å². The van der Waals surface area contributed by atoms with E-state index in [4.69, 9.17) is 15.0 Å². The standard InChI is InChI=1S/C39H27N5/c1-39(2)30-21-22-31-28(17-11-23-40-31)33(30)29-20-19-27-26-16-9-10-18-32(26)44(35(27)34(29)39)38-42-36(24-12-5-3-6-13-24)41-37(43-38)25-14-7-4-8-15-25/h3-23H,1-2H3. The van der Waals surface area contributed by atoms with E-state index in [-0.39, 0.29) is 5.41 Å². The molecule has 0 N–H and O–H groups in total. The zero-order valence-electron chi connectivity index (χ0n) is 24.4. The number of rotatable bonds is 3. The van der Waals surface area contributed by atoms with Crippen LogP contribution in [0.3, 0.4) is 0 Å². The fourth-order valence-corrected chi connectivity index (χ4v) is 7.10. The zero-order chi connectivity index (χ0) is 29.4. The van der Waals surface area contributed by atoms with Crippen LogP contribution < -0.4 is 0 Å². The summed E-state index contributed by atoms with van der Waals surface area (Å²) in [7, 11) is 0. The quantitative estimate of drug-likeness (QED) is 0.214. The van der Waals surface area contributed by atoms with Gasteiger partial charge >= 0.3 is 0 Å². The number of aromatic nitrogens is 5. The van der Waals surface area contributed by atoms with Crippen molar-refractivity contribution in [2.45, 2.75) is 19.3 Å². The van der Waals surface area contributed by atoms with E-state index in [2.05, 4.69) is 102 Å². The molecule has 1 aliphatic rings. The lowest BCUT2D eigenvalue weighted by Gasteiger charge is -2.23. The van der Waals surface area contributed by atoms with Crippen LogP contribution in [-0.4, -0.2) is 24.5 Å². The van der Waals surface area contributed by atoms with Gasteiger partial charge < -0.3 is 0 Å². The molecule has 0 aliphatic heterocycles. The Labute approximate surface area is 254 Å². The van der Waals surface area contributed by atoms with Crippen molar-refractivity contribution in [3.05, 3.63) is 139 Å². The number of fused-ring (bicyclic) bond motifs is 9. The van der Waals surface area contributed by atoms with Gasteiger partial charge in [-0.3, -0.25) is 9.55 Å². The van der Waals surface area contributed by atoms with Crippen LogP contribution in [0.1, 0.15) is 25.0 Å². The van der Waals surface area contributed by atoms with Gasteiger partial charge in [0.25, 0.3) is 0 Å². The van der Waals surface area contributed by atoms with E-state index in [0.717, 1.165) is 27.7 Å². The lowest BCUT2D eigenvalue weighted by atomic mass is 9.81. The average molecular weight is 566 g/mol. The third-order valence-corrected chi connectivity index (χ3v) is 9.08. The topological polar surface area (TPSA) is 56.5 Å². The van der Waals surface area contributed by atoms with Crippen molar-refractivity contribution >= 4 is 32.7 Å². The third-order valence-electron chi connectivity index (χ3n) is 9.08. The molecule has 0 spiro atoms.